The molecule has 2 heterocycles. The van der Waals surface area contributed by atoms with Gasteiger partial charge in [-0.3, -0.25) is 25.0 Å². The molecule has 1 aliphatic heterocycles. The molecule has 1 aromatic rings. The first-order valence-corrected chi connectivity index (χ1v) is 11.6. The number of nitrogens with zero attached hydrogens (tertiary/aromatic N) is 2. The number of anilines is 1. The van der Waals surface area contributed by atoms with Crippen molar-refractivity contribution in [1.29, 1.82) is 0 Å². The monoisotopic (exact) mass is 430 g/mol. The lowest BCUT2D eigenvalue weighted by Gasteiger charge is -2.30. The molecule has 0 aromatic carbocycles. The van der Waals surface area contributed by atoms with Crippen LogP contribution in [0.15, 0.2) is 4.34 Å². The molecule has 1 saturated carbocycles. The third-order valence-electron chi connectivity index (χ3n) is 3.79. The van der Waals surface area contributed by atoms with E-state index in [9.17, 15) is 14.4 Å². The van der Waals surface area contributed by atoms with Crippen molar-refractivity contribution >= 4 is 57.7 Å². The highest BCUT2D eigenvalue weighted by molar-refractivity contribution is 8.01. The summed E-state index contributed by atoms with van der Waals surface area (Å²) in [7, 11) is 0. The van der Waals surface area contributed by atoms with E-state index in [1.165, 1.54) is 23.1 Å². The first kappa shape index (κ1) is 20.4. The lowest BCUT2D eigenvalue weighted by atomic mass is 10.1. The molecule has 12 heteroatoms. The highest BCUT2D eigenvalue weighted by atomic mass is 32.2. The summed E-state index contributed by atoms with van der Waals surface area (Å²) >= 11 is 4.17. The smallest absolute Gasteiger partial charge is 0.236 e. The molecular weight excluding hydrogens is 408 g/mol. The Labute approximate surface area is 169 Å². The first-order valence-electron chi connectivity index (χ1n) is 8.74. The average Bonchev–Trinajstić information content (AvgIpc) is 3.30. The van der Waals surface area contributed by atoms with Crippen molar-refractivity contribution in [1.82, 2.24) is 26.1 Å². The van der Waals surface area contributed by atoms with E-state index in [-0.39, 0.29) is 42.4 Å². The largest absolute Gasteiger partial charge is 0.353 e. The Hall–Kier alpha value is -1.37. The van der Waals surface area contributed by atoms with Gasteiger partial charge in [0.2, 0.25) is 22.9 Å². The molecule has 0 radical (unpaired) electrons. The summed E-state index contributed by atoms with van der Waals surface area (Å²) in [5.74, 6) is 0.665. The molecule has 3 rings (SSSR count). The molecule has 9 nitrogen and oxygen atoms in total. The standard InChI is InChI=1S/C15H22N6O3S3/c1-2-25-15-21-20-14(27-15)19-12(24)7-26-13-17-9(6-11(23)18-13)5-10(22)16-8-3-4-8/h8-9,13,17H,2-7H2,1H3,(H,16,22)(H,18,23)(H,19,20,24). The van der Waals surface area contributed by atoms with Gasteiger partial charge in [-0.05, 0) is 18.6 Å². The highest BCUT2D eigenvalue weighted by Gasteiger charge is 2.30. The van der Waals surface area contributed by atoms with Gasteiger partial charge >= 0.3 is 0 Å². The van der Waals surface area contributed by atoms with E-state index in [1.807, 2.05) is 6.92 Å². The second-order valence-electron chi connectivity index (χ2n) is 6.23. The van der Waals surface area contributed by atoms with Crippen LogP contribution in [-0.2, 0) is 14.4 Å². The normalized spacial score (nSPS) is 22.2. The maximum atomic E-state index is 12.1. The molecule has 1 aliphatic carbocycles. The third-order valence-corrected chi connectivity index (χ3v) is 6.66. The van der Waals surface area contributed by atoms with Crippen LogP contribution < -0.4 is 21.3 Å². The van der Waals surface area contributed by atoms with Gasteiger partial charge in [-0.2, -0.15) is 0 Å². The fraction of sp³-hybridized carbons (Fsp3) is 0.667. The lowest BCUT2D eigenvalue weighted by Crippen LogP contribution is -2.56. The summed E-state index contributed by atoms with van der Waals surface area (Å²) in [5.41, 5.74) is -0.406. The zero-order chi connectivity index (χ0) is 19.2. The molecule has 27 heavy (non-hydrogen) atoms. The molecule has 1 saturated heterocycles. The Bertz CT molecular complexity index is 696. The number of thioether (sulfide) groups is 2. The minimum atomic E-state index is -0.406. The minimum Gasteiger partial charge on any atom is -0.353 e. The van der Waals surface area contributed by atoms with Gasteiger partial charge in [-0.15, -0.1) is 22.0 Å². The topological polar surface area (TPSA) is 125 Å². The molecule has 2 fully saturated rings. The van der Waals surface area contributed by atoms with Gasteiger partial charge in [0.1, 0.15) is 5.50 Å². The van der Waals surface area contributed by atoms with Gasteiger partial charge in [0.05, 0.1) is 5.75 Å². The van der Waals surface area contributed by atoms with Crippen molar-refractivity contribution in [2.24, 2.45) is 0 Å². The predicted octanol–water partition coefficient (Wildman–Crippen LogP) is 0.752. The van der Waals surface area contributed by atoms with Gasteiger partial charge in [0, 0.05) is 24.9 Å². The Balaban J connectivity index is 1.41. The van der Waals surface area contributed by atoms with Gasteiger partial charge in [0.25, 0.3) is 0 Å². The fourth-order valence-electron chi connectivity index (χ4n) is 2.46. The Morgan fingerprint density at radius 3 is 2.85 bits per heavy atom. The SMILES string of the molecule is CCSc1nnc(NC(=O)CSC2NC(=O)CC(CC(=O)NC3CC3)N2)s1. The maximum Gasteiger partial charge on any atom is 0.236 e. The highest BCUT2D eigenvalue weighted by Crippen LogP contribution is 2.25. The summed E-state index contributed by atoms with van der Waals surface area (Å²) in [6.07, 6.45) is 2.58. The molecule has 2 unspecified atom stereocenters. The van der Waals surface area contributed by atoms with Crippen LogP contribution in [0.2, 0.25) is 0 Å². The number of carbonyl (C=O) groups excluding carboxylic acids is 3. The van der Waals surface area contributed by atoms with Crippen molar-refractivity contribution in [3.63, 3.8) is 0 Å². The van der Waals surface area contributed by atoms with Crippen molar-refractivity contribution in [3.05, 3.63) is 0 Å². The summed E-state index contributed by atoms with van der Waals surface area (Å²) in [5, 5.41) is 20.0. The van der Waals surface area contributed by atoms with E-state index >= 15 is 0 Å². The number of aromatic nitrogens is 2. The van der Waals surface area contributed by atoms with Crippen molar-refractivity contribution in [2.75, 3.05) is 16.8 Å². The lowest BCUT2D eigenvalue weighted by molar-refractivity contribution is -0.125. The summed E-state index contributed by atoms with van der Waals surface area (Å²) in [6.45, 7) is 2.02. The third kappa shape index (κ3) is 6.94. The van der Waals surface area contributed by atoms with Crippen molar-refractivity contribution < 1.29 is 14.4 Å². The average molecular weight is 431 g/mol. The van der Waals surface area contributed by atoms with Crippen LogP contribution in [0.25, 0.3) is 0 Å². The quantitative estimate of drug-likeness (QED) is 0.334. The second-order valence-corrected chi connectivity index (χ2v) is 9.81. The molecule has 1 aromatic heterocycles. The van der Waals surface area contributed by atoms with Crippen LogP contribution in [0, 0.1) is 0 Å². The fourth-order valence-corrected chi connectivity index (χ4v) is 5.02. The molecule has 2 atom stereocenters. The predicted molar refractivity (Wildman–Crippen MR) is 107 cm³/mol. The van der Waals surface area contributed by atoms with Gasteiger partial charge in [-0.25, -0.2) is 0 Å². The van der Waals surface area contributed by atoms with Crippen molar-refractivity contribution in [2.45, 2.75) is 54.5 Å². The first-order chi connectivity index (χ1) is 13.0. The van der Waals surface area contributed by atoms with Gasteiger partial charge in [0.15, 0.2) is 4.34 Å². The Morgan fingerprint density at radius 2 is 2.11 bits per heavy atom. The van der Waals surface area contributed by atoms with Crippen LogP contribution in [0.3, 0.4) is 0 Å². The molecule has 148 valence electrons. The minimum absolute atomic E-state index is 0.0387. The number of rotatable bonds is 9. The number of hydrogen-bond donors (Lipinski definition) is 4. The Kier molecular flexibility index (Phi) is 7.33. The van der Waals surface area contributed by atoms with Crippen molar-refractivity contribution in [3.8, 4) is 0 Å². The van der Waals surface area contributed by atoms with Crippen LogP contribution >= 0.6 is 34.9 Å². The van der Waals surface area contributed by atoms with Gasteiger partial charge in [-0.1, -0.05) is 30.0 Å². The van der Waals surface area contributed by atoms with Crippen LogP contribution in [-0.4, -0.2) is 57.0 Å². The van der Waals surface area contributed by atoms with E-state index in [2.05, 4.69) is 31.5 Å². The van der Waals surface area contributed by atoms with Crippen LogP contribution in [0.1, 0.15) is 32.6 Å². The summed E-state index contributed by atoms with van der Waals surface area (Å²) in [6, 6.07) is 0.0789. The summed E-state index contributed by atoms with van der Waals surface area (Å²) < 4.78 is 0.814. The van der Waals surface area contributed by atoms with E-state index in [4.69, 9.17) is 0 Å². The van der Waals surface area contributed by atoms with E-state index in [0.29, 0.717) is 11.2 Å². The zero-order valence-electron chi connectivity index (χ0n) is 14.8. The number of carbonyl (C=O) groups is 3. The van der Waals surface area contributed by atoms with E-state index in [0.717, 1.165) is 22.9 Å². The van der Waals surface area contributed by atoms with Gasteiger partial charge < -0.3 is 10.6 Å². The number of nitrogens with one attached hydrogen (secondary N) is 4. The molecule has 3 amide bonds. The summed E-state index contributed by atoms with van der Waals surface area (Å²) in [4.78, 5) is 35.9. The molecule has 0 spiro atoms. The molecule has 0 bridgehead atoms. The maximum absolute atomic E-state index is 12.1. The molecular formula is C15H22N6O3S3. The zero-order valence-corrected chi connectivity index (χ0v) is 17.3. The molecule has 2 aliphatic rings. The number of hydrogen-bond acceptors (Lipinski definition) is 9. The van der Waals surface area contributed by atoms with Crippen LogP contribution in [0.5, 0.6) is 0 Å². The Morgan fingerprint density at radius 1 is 1.30 bits per heavy atom. The molecule has 4 N–H and O–H groups in total. The number of amides is 3. The van der Waals surface area contributed by atoms with Crippen LogP contribution in [0.4, 0.5) is 5.13 Å². The van der Waals surface area contributed by atoms with E-state index < -0.39 is 5.50 Å². The second kappa shape index (κ2) is 9.71. The van der Waals surface area contributed by atoms with E-state index in [1.54, 1.807) is 11.8 Å².